The van der Waals surface area contributed by atoms with E-state index in [0.717, 1.165) is 32.2 Å². The van der Waals surface area contributed by atoms with Crippen LogP contribution in [-0.2, 0) is 9.53 Å². The van der Waals surface area contributed by atoms with Crippen molar-refractivity contribution in [3.8, 4) is 0 Å². The van der Waals surface area contributed by atoms with Crippen LogP contribution in [0, 0.1) is 0 Å². The Balaban J connectivity index is 1.91. The van der Waals surface area contributed by atoms with Crippen LogP contribution in [0.1, 0.15) is 32.1 Å². The Morgan fingerprint density at radius 1 is 1.57 bits per heavy atom. The second kappa shape index (κ2) is 5.32. The maximum absolute atomic E-state index is 10.7. The number of esters is 1. The number of methoxy groups -OCH3 is 1. The molecule has 0 spiro atoms. The Morgan fingerprint density at radius 3 is 2.79 bits per heavy atom. The van der Waals surface area contributed by atoms with Crippen LogP contribution in [-0.4, -0.2) is 36.9 Å². The third-order valence-corrected chi connectivity index (χ3v) is 2.70. The number of hydrogen-bond donors (Lipinski definition) is 2. The van der Waals surface area contributed by atoms with Crippen LogP contribution in [0.25, 0.3) is 0 Å². The average molecular weight is 201 g/mol. The number of ether oxygens (including phenoxy) is 1. The minimum atomic E-state index is -0.467. The minimum absolute atomic E-state index is 0.172. The van der Waals surface area contributed by atoms with E-state index in [2.05, 4.69) is 10.1 Å². The van der Waals surface area contributed by atoms with E-state index >= 15 is 0 Å². The highest BCUT2D eigenvalue weighted by Crippen LogP contribution is 2.30. The number of carbonyl (C=O) groups is 1. The quantitative estimate of drug-likeness (QED) is 0.484. The largest absolute Gasteiger partial charge is 0.469 e. The molecule has 1 fully saturated rings. The van der Waals surface area contributed by atoms with E-state index in [-0.39, 0.29) is 5.97 Å². The zero-order valence-corrected chi connectivity index (χ0v) is 8.71. The standard InChI is InChI=1S/C10H19NO3/c1-14-9(12)4-2-7-11-8-10(13)5-3-6-10/h11,13H,2-8H2,1H3. The monoisotopic (exact) mass is 201 g/mol. The molecule has 0 saturated heterocycles. The summed E-state index contributed by atoms with van der Waals surface area (Å²) in [7, 11) is 1.40. The molecule has 0 atom stereocenters. The first-order chi connectivity index (χ1) is 6.66. The fourth-order valence-corrected chi connectivity index (χ4v) is 1.54. The molecule has 2 N–H and O–H groups in total. The lowest BCUT2D eigenvalue weighted by Crippen LogP contribution is -2.46. The molecule has 0 radical (unpaired) electrons. The average Bonchev–Trinajstić information content (AvgIpc) is 2.14. The lowest BCUT2D eigenvalue weighted by atomic mass is 9.80. The molecular formula is C10H19NO3. The van der Waals surface area contributed by atoms with Crippen molar-refractivity contribution in [2.75, 3.05) is 20.2 Å². The van der Waals surface area contributed by atoms with Gasteiger partial charge in [0, 0.05) is 13.0 Å². The van der Waals surface area contributed by atoms with Gasteiger partial charge in [0.15, 0.2) is 0 Å². The van der Waals surface area contributed by atoms with Gasteiger partial charge in [0.05, 0.1) is 12.7 Å². The zero-order chi connectivity index (χ0) is 10.4. The fourth-order valence-electron chi connectivity index (χ4n) is 1.54. The van der Waals surface area contributed by atoms with Crippen LogP contribution in [0.2, 0.25) is 0 Å². The summed E-state index contributed by atoms with van der Waals surface area (Å²) < 4.78 is 4.51. The van der Waals surface area contributed by atoms with Gasteiger partial charge in [0.25, 0.3) is 0 Å². The van der Waals surface area contributed by atoms with E-state index in [1.165, 1.54) is 7.11 Å². The Bertz CT molecular complexity index is 190. The molecule has 1 aliphatic rings. The summed E-state index contributed by atoms with van der Waals surface area (Å²) in [5, 5.41) is 12.9. The highest BCUT2D eigenvalue weighted by molar-refractivity contribution is 5.69. The first-order valence-electron chi connectivity index (χ1n) is 5.16. The van der Waals surface area contributed by atoms with Crippen LogP contribution in [0.15, 0.2) is 0 Å². The van der Waals surface area contributed by atoms with Crippen LogP contribution < -0.4 is 5.32 Å². The molecule has 1 rings (SSSR count). The molecule has 0 aromatic carbocycles. The van der Waals surface area contributed by atoms with Crippen molar-refractivity contribution in [2.45, 2.75) is 37.7 Å². The van der Waals surface area contributed by atoms with Crippen LogP contribution in [0.4, 0.5) is 0 Å². The molecular weight excluding hydrogens is 182 g/mol. The predicted octanol–water partition coefficient (Wildman–Crippen LogP) is 0.444. The van der Waals surface area contributed by atoms with E-state index in [1.54, 1.807) is 0 Å². The van der Waals surface area contributed by atoms with Gasteiger partial charge in [-0.15, -0.1) is 0 Å². The summed E-state index contributed by atoms with van der Waals surface area (Å²) in [5.41, 5.74) is -0.467. The van der Waals surface area contributed by atoms with Gasteiger partial charge in [0.2, 0.25) is 0 Å². The van der Waals surface area contributed by atoms with Crippen LogP contribution >= 0.6 is 0 Å². The molecule has 14 heavy (non-hydrogen) atoms. The van der Waals surface area contributed by atoms with E-state index in [0.29, 0.717) is 13.0 Å². The summed E-state index contributed by atoms with van der Waals surface area (Å²) in [4.78, 5) is 10.7. The van der Waals surface area contributed by atoms with E-state index in [4.69, 9.17) is 0 Å². The topological polar surface area (TPSA) is 58.6 Å². The lowest BCUT2D eigenvalue weighted by molar-refractivity contribution is -0.140. The molecule has 0 bridgehead atoms. The smallest absolute Gasteiger partial charge is 0.305 e. The molecule has 4 nitrogen and oxygen atoms in total. The number of hydrogen-bond acceptors (Lipinski definition) is 4. The predicted molar refractivity (Wildman–Crippen MR) is 52.9 cm³/mol. The van der Waals surface area contributed by atoms with Gasteiger partial charge in [0.1, 0.15) is 0 Å². The SMILES string of the molecule is COC(=O)CCCNCC1(O)CCC1. The van der Waals surface area contributed by atoms with Gasteiger partial charge >= 0.3 is 5.97 Å². The minimum Gasteiger partial charge on any atom is -0.469 e. The van der Waals surface area contributed by atoms with Crippen molar-refractivity contribution in [3.05, 3.63) is 0 Å². The normalized spacial score (nSPS) is 18.7. The maximum Gasteiger partial charge on any atom is 0.305 e. The van der Waals surface area contributed by atoms with Gasteiger partial charge in [-0.05, 0) is 32.2 Å². The van der Waals surface area contributed by atoms with E-state index in [1.807, 2.05) is 0 Å². The van der Waals surface area contributed by atoms with E-state index in [9.17, 15) is 9.90 Å². The molecule has 0 aromatic heterocycles. The van der Waals surface area contributed by atoms with Gasteiger partial charge in [-0.3, -0.25) is 4.79 Å². The molecule has 0 aromatic rings. The number of nitrogens with one attached hydrogen (secondary N) is 1. The van der Waals surface area contributed by atoms with Gasteiger partial charge in [-0.1, -0.05) is 0 Å². The van der Waals surface area contributed by atoms with Gasteiger partial charge in [-0.25, -0.2) is 0 Å². The third kappa shape index (κ3) is 3.64. The molecule has 0 heterocycles. The summed E-state index contributed by atoms with van der Waals surface area (Å²) in [6.07, 6.45) is 4.14. The third-order valence-electron chi connectivity index (χ3n) is 2.70. The summed E-state index contributed by atoms with van der Waals surface area (Å²) >= 11 is 0. The Morgan fingerprint density at radius 2 is 2.29 bits per heavy atom. The van der Waals surface area contributed by atoms with Crippen molar-refractivity contribution in [1.82, 2.24) is 5.32 Å². The first kappa shape index (κ1) is 11.5. The van der Waals surface area contributed by atoms with Crippen molar-refractivity contribution >= 4 is 5.97 Å². The Hall–Kier alpha value is -0.610. The Labute approximate surface area is 84.6 Å². The molecule has 82 valence electrons. The van der Waals surface area contributed by atoms with Crippen molar-refractivity contribution in [2.24, 2.45) is 0 Å². The van der Waals surface area contributed by atoms with Crippen LogP contribution in [0.3, 0.4) is 0 Å². The molecule has 1 aliphatic carbocycles. The first-order valence-corrected chi connectivity index (χ1v) is 5.16. The second-order valence-electron chi connectivity index (χ2n) is 3.93. The van der Waals surface area contributed by atoms with Crippen molar-refractivity contribution < 1.29 is 14.6 Å². The highest BCUT2D eigenvalue weighted by atomic mass is 16.5. The Kier molecular flexibility index (Phi) is 4.35. The van der Waals surface area contributed by atoms with Crippen LogP contribution in [0.5, 0.6) is 0 Å². The molecule has 0 amide bonds. The highest BCUT2D eigenvalue weighted by Gasteiger charge is 2.33. The summed E-state index contributed by atoms with van der Waals surface area (Å²) in [6, 6.07) is 0. The molecule has 1 saturated carbocycles. The zero-order valence-electron chi connectivity index (χ0n) is 8.71. The number of rotatable bonds is 6. The van der Waals surface area contributed by atoms with Crippen molar-refractivity contribution in [1.29, 1.82) is 0 Å². The maximum atomic E-state index is 10.7. The van der Waals surface area contributed by atoms with Gasteiger partial charge in [-0.2, -0.15) is 0 Å². The number of aliphatic hydroxyl groups is 1. The fraction of sp³-hybridized carbons (Fsp3) is 0.900. The summed E-state index contributed by atoms with van der Waals surface area (Å²) in [6.45, 7) is 1.41. The van der Waals surface area contributed by atoms with Crippen molar-refractivity contribution in [3.63, 3.8) is 0 Å². The number of carbonyl (C=O) groups excluding carboxylic acids is 1. The second-order valence-corrected chi connectivity index (χ2v) is 3.93. The van der Waals surface area contributed by atoms with E-state index < -0.39 is 5.60 Å². The summed E-state index contributed by atoms with van der Waals surface area (Å²) in [5.74, 6) is -0.172. The lowest BCUT2D eigenvalue weighted by Gasteiger charge is -2.36. The molecule has 0 unspecified atom stereocenters. The molecule has 0 aliphatic heterocycles. The molecule has 4 heteroatoms. The van der Waals surface area contributed by atoms with Gasteiger partial charge < -0.3 is 15.2 Å².